The molecule has 1 aliphatic rings. The molecule has 1 unspecified atom stereocenters. The van der Waals surface area contributed by atoms with Gasteiger partial charge in [0.2, 0.25) is 5.91 Å². The lowest BCUT2D eigenvalue weighted by Gasteiger charge is -2.29. The molecule has 0 bridgehead atoms. The Labute approximate surface area is 121 Å². The van der Waals surface area contributed by atoms with Gasteiger partial charge in [-0.05, 0) is 51.2 Å². The van der Waals surface area contributed by atoms with Gasteiger partial charge in [0.25, 0.3) is 0 Å². The predicted octanol–water partition coefficient (Wildman–Crippen LogP) is 0.853. The van der Waals surface area contributed by atoms with Gasteiger partial charge >= 0.3 is 0 Å². The number of oxime groups is 1. The van der Waals surface area contributed by atoms with Crippen molar-refractivity contribution in [1.82, 2.24) is 10.2 Å². The Morgan fingerprint density at radius 2 is 2.05 bits per heavy atom. The van der Waals surface area contributed by atoms with Crippen LogP contribution in [0, 0.1) is 17.8 Å². The van der Waals surface area contributed by atoms with Crippen molar-refractivity contribution < 1.29 is 10.0 Å². The fourth-order valence-electron chi connectivity index (χ4n) is 2.70. The van der Waals surface area contributed by atoms with Crippen molar-refractivity contribution in [3.05, 3.63) is 0 Å². The average molecular weight is 284 g/mol. The minimum Gasteiger partial charge on any atom is -0.409 e. The van der Waals surface area contributed by atoms with Crippen LogP contribution in [0.25, 0.3) is 0 Å². The molecule has 1 rings (SSSR count). The SMILES string of the molecule is CC(C)C(C(=O)NCCC1CCN(C)CC1)C(N)=NO. The summed E-state index contributed by atoms with van der Waals surface area (Å²) in [6.07, 6.45) is 3.39. The number of nitrogens with one attached hydrogen (secondary N) is 1. The number of nitrogens with two attached hydrogens (primary N) is 1. The van der Waals surface area contributed by atoms with Gasteiger partial charge in [0.1, 0.15) is 5.92 Å². The zero-order chi connectivity index (χ0) is 15.1. The second kappa shape index (κ2) is 8.09. The zero-order valence-electron chi connectivity index (χ0n) is 12.8. The van der Waals surface area contributed by atoms with Gasteiger partial charge < -0.3 is 21.2 Å². The number of nitrogens with zero attached hydrogens (tertiary/aromatic N) is 2. The van der Waals surface area contributed by atoms with Crippen LogP contribution in [0.2, 0.25) is 0 Å². The first-order valence-electron chi connectivity index (χ1n) is 7.39. The number of carbonyl (C=O) groups is 1. The van der Waals surface area contributed by atoms with E-state index in [4.69, 9.17) is 10.9 Å². The van der Waals surface area contributed by atoms with Crippen LogP contribution in [0.1, 0.15) is 33.1 Å². The third-order valence-corrected chi connectivity index (χ3v) is 4.07. The molecular weight excluding hydrogens is 256 g/mol. The predicted molar refractivity (Wildman–Crippen MR) is 79.6 cm³/mol. The zero-order valence-corrected chi connectivity index (χ0v) is 12.8. The van der Waals surface area contributed by atoms with Gasteiger partial charge in [0.15, 0.2) is 5.84 Å². The molecule has 0 aromatic heterocycles. The van der Waals surface area contributed by atoms with E-state index in [1.54, 1.807) is 0 Å². The van der Waals surface area contributed by atoms with E-state index >= 15 is 0 Å². The van der Waals surface area contributed by atoms with Gasteiger partial charge in [0, 0.05) is 6.54 Å². The Hall–Kier alpha value is -1.30. The van der Waals surface area contributed by atoms with Crippen molar-refractivity contribution in [2.24, 2.45) is 28.6 Å². The third kappa shape index (κ3) is 5.00. The van der Waals surface area contributed by atoms with Crippen molar-refractivity contribution in [3.63, 3.8) is 0 Å². The Bertz CT molecular complexity index is 336. The summed E-state index contributed by atoms with van der Waals surface area (Å²) in [5, 5.41) is 14.6. The number of amidine groups is 1. The van der Waals surface area contributed by atoms with Crippen molar-refractivity contribution in [2.75, 3.05) is 26.7 Å². The summed E-state index contributed by atoms with van der Waals surface area (Å²) < 4.78 is 0. The quantitative estimate of drug-likeness (QED) is 0.292. The Kier molecular flexibility index (Phi) is 6.78. The summed E-state index contributed by atoms with van der Waals surface area (Å²) in [6.45, 7) is 6.71. The number of piperidine rings is 1. The lowest BCUT2D eigenvalue weighted by atomic mass is 9.92. The van der Waals surface area contributed by atoms with E-state index in [0.29, 0.717) is 12.5 Å². The van der Waals surface area contributed by atoms with Crippen LogP contribution >= 0.6 is 0 Å². The topological polar surface area (TPSA) is 91.0 Å². The molecule has 0 saturated carbocycles. The van der Waals surface area contributed by atoms with E-state index < -0.39 is 5.92 Å². The molecule has 1 saturated heterocycles. The fraction of sp³-hybridized carbons (Fsp3) is 0.857. The molecule has 4 N–H and O–H groups in total. The molecule has 0 aromatic rings. The highest BCUT2D eigenvalue weighted by molar-refractivity contribution is 6.02. The van der Waals surface area contributed by atoms with Crippen LogP contribution in [0.5, 0.6) is 0 Å². The van der Waals surface area contributed by atoms with E-state index in [-0.39, 0.29) is 17.7 Å². The molecule has 1 fully saturated rings. The van der Waals surface area contributed by atoms with Gasteiger partial charge in [-0.25, -0.2) is 0 Å². The number of hydrogen-bond acceptors (Lipinski definition) is 4. The first-order chi connectivity index (χ1) is 9.45. The van der Waals surface area contributed by atoms with Crippen LogP contribution in [0.4, 0.5) is 0 Å². The molecule has 1 amide bonds. The molecule has 0 radical (unpaired) electrons. The lowest BCUT2D eigenvalue weighted by Crippen LogP contribution is -2.42. The first kappa shape index (κ1) is 16.8. The molecule has 1 atom stereocenters. The molecule has 0 aromatic carbocycles. The highest BCUT2D eigenvalue weighted by atomic mass is 16.4. The van der Waals surface area contributed by atoms with Gasteiger partial charge in [-0.15, -0.1) is 0 Å². The van der Waals surface area contributed by atoms with Crippen molar-refractivity contribution in [2.45, 2.75) is 33.1 Å². The van der Waals surface area contributed by atoms with E-state index in [2.05, 4.69) is 22.4 Å². The summed E-state index contributed by atoms with van der Waals surface area (Å²) >= 11 is 0. The van der Waals surface area contributed by atoms with Crippen LogP contribution in [-0.4, -0.2) is 48.5 Å². The Balaban J connectivity index is 2.34. The number of likely N-dealkylation sites (tertiary alicyclic amines) is 1. The maximum absolute atomic E-state index is 12.1. The largest absolute Gasteiger partial charge is 0.409 e. The molecule has 0 aliphatic carbocycles. The minimum atomic E-state index is -0.558. The number of rotatable bonds is 6. The van der Waals surface area contributed by atoms with E-state index in [0.717, 1.165) is 19.5 Å². The van der Waals surface area contributed by atoms with Gasteiger partial charge in [-0.3, -0.25) is 4.79 Å². The minimum absolute atomic E-state index is 0.00855. The maximum atomic E-state index is 12.1. The van der Waals surface area contributed by atoms with E-state index in [1.165, 1.54) is 12.8 Å². The molecule has 1 heterocycles. The van der Waals surface area contributed by atoms with Gasteiger partial charge in [0.05, 0.1) is 0 Å². The van der Waals surface area contributed by atoms with Crippen molar-refractivity contribution in [1.29, 1.82) is 0 Å². The van der Waals surface area contributed by atoms with Crippen LogP contribution in [0.3, 0.4) is 0 Å². The molecule has 6 nitrogen and oxygen atoms in total. The lowest BCUT2D eigenvalue weighted by molar-refractivity contribution is -0.124. The monoisotopic (exact) mass is 284 g/mol. The normalized spacial score (nSPS) is 20.1. The van der Waals surface area contributed by atoms with Gasteiger partial charge in [-0.2, -0.15) is 0 Å². The molecule has 0 spiro atoms. The Morgan fingerprint density at radius 1 is 1.45 bits per heavy atom. The maximum Gasteiger partial charge on any atom is 0.231 e. The van der Waals surface area contributed by atoms with Crippen molar-refractivity contribution in [3.8, 4) is 0 Å². The summed E-state index contributed by atoms with van der Waals surface area (Å²) in [5.74, 6) is -0.0282. The van der Waals surface area contributed by atoms with E-state index in [9.17, 15) is 4.79 Å². The average Bonchev–Trinajstić information content (AvgIpc) is 2.40. The van der Waals surface area contributed by atoms with Gasteiger partial charge in [-0.1, -0.05) is 19.0 Å². The molecule has 116 valence electrons. The smallest absolute Gasteiger partial charge is 0.231 e. The summed E-state index contributed by atoms with van der Waals surface area (Å²) in [7, 11) is 2.14. The van der Waals surface area contributed by atoms with Crippen LogP contribution < -0.4 is 11.1 Å². The molecule has 1 aliphatic heterocycles. The first-order valence-corrected chi connectivity index (χ1v) is 7.39. The molecule has 6 heteroatoms. The second-order valence-electron chi connectivity index (χ2n) is 6.07. The molecule has 20 heavy (non-hydrogen) atoms. The standard InChI is InChI=1S/C14H28N4O2/c1-10(2)12(13(15)17-20)14(19)16-7-4-11-5-8-18(3)9-6-11/h10-12,20H,4-9H2,1-3H3,(H2,15,17)(H,16,19). The number of hydrogen-bond donors (Lipinski definition) is 3. The van der Waals surface area contributed by atoms with Crippen LogP contribution in [0.15, 0.2) is 5.16 Å². The number of amides is 1. The highest BCUT2D eigenvalue weighted by Gasteiger charge is 2.26. The van der Waals surface area contributed by atoms with Crippen LogP contribution in [-0.2, 0) is 4.79 Å². The van der Waals surface area contributed by atoms with Crippen molar-refractivity contribution >= 4 is 11.7 Å². The summed E-state index contributed by atoms with van der Waals surface area (Å²) in [4.78, 5) is 14.4. The number of carbonyl (C=O) groups excluding carboxylic acids is 1. The van der Waals surface area contributed by atoms with E-state index in [1.807, 2.05) is 13.8 Å². The fourth-order valence-corrected chi connectivity index (χ4v) is 2.70. The highest BCUT2D eigenvalue weighted by Crippen LogP contribution is 2.19. The Morgan fingerprint density at radius 3 is 2.55 bits per heavy atom. The summed E-state index contributed by atoms with van der Waals surface area (Å²) in [5.41, 5.74) is 5.58. The molecular formula is C14H28N4O2. The second-order valence-corrected chi connectivity index (χ2v) is 6.07. The summed E-state index contributed by atoms with van der Waals surface area (Å²) in [6, 6.07) is 0. The third-order valence-electron chi connectivity index (χ3n) is 4.07.